The van der Waals surface area contributed by atoms with Crippen LogP contribution in [-0.4, -0.2) is 13.1 Å². The molecule has 0 heterocycles. The van der Waals surface area contributed by atoms with Crippen LogP contribution in [0.5, 0.6) is 0 Å². The molecule has 4 atom stereocenters. The summed E-state index contributed by atoms with van der Waals surface area (Å²) in [5.74, 6) is 5.18. The second-order valence-electron chi connectivity index (χ2n) is 8.38. The Bertz CT molecular complexity index is 305. The first-order valence-corrected chi connectivity index (χ1v) is 9.99. The average Bonchev–Trinajstić information content (AvgIpc) is 2.56. The van der Waals surface area contributed by atoms with Gasteiger partial charge in [-0.3, -0.25) is 0 Å². The topological polar surface area (TPSA) is 12.0 Å². The molecule has 0 amide bonds. The number of hydrogen-bond donors (Lipinski definition) is 1. The largest absolute Gasteiger partial charge is 0.316 e. The monoisotopic (exact) mass is 291 g/mol. The van der Waals surface area contributed by atoms with Gasteiger partial charge in [0.1, 0.15) is 0 Å². The van der Waals surface area contributed by atoms with E-state index in [0.717, 1.165) is 35.6 Å². The van der Waals surface area contributed by atoms with Crippen molar-refractivity contribution in [2.75, 3.05) is 7.05 Å². The molecule has 0 spiro atoms. The maximum Gasteiger partial charge on any atom is 0.0121 e. The molecule has 3 aliphatic carbocycles. The van der Waals surface area contributed by atoms with Crippen LogP contribution in [0.1, 0.15) is 84.0 Å². The molecule has 0 saturated heterocycles. The molecule has 3 saturated carbocycles. The highest BCUT2D eigenvalue weighted by atomic mass is 14.9. The SMILES string of the molecule is CCC1CCC(C(NC)C2CCC3CCCCC3C2)CC1. The standard InChI is InChI=1S/C20H37N/c1-3-15-8-10-17(11-9-15)20(21-2)19-13-12-16-6-4-5-7-18(16)14-19/h15-21H,3-14H2,1-2H3. The van der Waals surface area contributed by atoms with Crippen LogP contribution in [-0.2, 0) is 0 Å². The van der Waals surface area contributed by atoms with Crippen molar-refractivity contribution < 1.29 is 0 Å². The van der Waals surface area contributed by atoms with Gasteiger partial charge in [0.15, 0.2) is 0 Å². The Hall–Kier alpha value is -0.0400. The lowest BCUT2D eigenvalue weighted by atomic mass is 9.63. The highest BCUT2D eigenvalue weighted by molar-refractivity contribution is 4.91. The molecule has 122 valence electrons. The third kappa shape index (κ3) is 3.66. The smallest absolute Gasteiger partial charge is 0.0121 e. The summed E-state index contributed by atoms with van der Waals surface area (Å²) in [4.78, 5) is 0. The molecule has 0 aromatic rings. The zero-order chi connectivity index (χ0) is 14.7. The van der Waals surface area contributed by atoms with E-state index in [1.165, 1.54) is 57.8 Å². The third-order valence-corrected chi connectivity index (χ3v) is 7.40. The van der Waals surface area contributed by atoms with Crippen LogP contribution in [0.15, 0.2) is 0 Å². The Kier molecular flexibility index (Phi) is 5.65. The fourth-order valence-electron chi connectivity index (χ4n) is 6.05. The summed E-state index contributed by atoms with van der Waals surface area (Å²) in [5.41, 5.74) is 0. The Morgan fingerprint density at radius 3 is 2.14 bits per heavy atom. The van der Waals surface area contributed by atoms with Crippen molar-refractivity contribution >= 4 is 0 Å². The van der Waals surface area contributed by atoms with Crippen LogP contribution >= 0.6 is 0 Å². The summed E-state index contributed by atoms with van der Waals surface area (Å²) in [6.45, 7) is 2.38. The lowest BCUT2D eigenvalue weighted by Crippen LogP contribution is -2.45. The molecule has 0 radical (unpaired) electrons. The number of fused-ring (bicyclic) bond motifs is 1. The van der Waals surface area contributed by atoms with Crippen LogP contribution in [0.3, 0.4) is 0 Å². The van der Waals surface area contributed by atoms with Crippen molar-refractivity contribution in [3.8, 4) is 0 Å². The van der Waals surface area contributed by atoms with E-state index in [2.05, 4.69) is 19.3 Å². The summed E-state index contributed by atoms with van der Waals surface area (Å²) in [6.07, 6.45) is 18.1. The predicted molar refractivity (Wildman–Crippen MR) is 91.4 cm³/mol. The number of rotatable bonds is 4. The molecular formula is C20H37N. The molecule has 3 aliphatic rings. The molecule has 0 aromatic heterocycles. The second-order valence-corrected chi connectivity index (χ2v) is 8.38. The van der Waals surface area contributed by atoms with E-state index in [0.29, 0.717) is 0 Å². The highest BCUT2D eigenvalue weighted by Gasteiger charge is 2.38. The highest BCUT2D eigenvalue weighted by Crippen LogP contribution is 2.46. The van der Waals surface area contributed by atoms with Crippen molar-refractivity contribution in [1.29, 1.82) is 0 Å². The zero-order valence-corrected chi connectivity index (χ0v) is 14.4. The predicted octanol–water partition coefficient (Wildman–Crippen LogP) is 5.40. The van der Waals surface area contributed by atoms with E-state index in [1.807, 2.05) is 0 Å². The summed E-state index contributed by atoms with van der Waals surface area (Å²) in [7, 11) is 2.24. The van der Waals surface area contributed by atoms with Gasteiger partial charge in [0, 0.05) is 6.04 Å². The van der Waals surface area contributed by atoms with Crippen LogP contribution in [0.4, 0.5) is 0 Å². The summed E-state index contributed by atoms with van der Waals surface area (Å²) >= 11 is 0. The van der Waals surface area contributed by atoms with Gasteiger partial charge in [-0.2, -0.15) is 0 Å². The number of nitrogens with one attached hydrogen (secondary N) is 1. The van der Waals surface area contributed by atoms with E-state index < -0.39 is 0 Å². The maximum atomic E-state index is 3.77. The first kappa shape index (κ1) is 15.8. The summed E-state index contributed by atoms with van der Waals surface area (Å²) in [5, 5.41) is 3.77. The molecule has 4 unspecified atom stereocenters. The van der Waals surface area contributed by atoms with Crippen molar-refractivity contribution in [2.24, 2.45) is 29.6 Å². The maximum absolute atomic E-state index is 3.77. The van der Waals surface area contributed by atoms with Gasteiger partial charge in [-0.1, -0.05) is 51.9 Å². The molecule has 0 bridgehead atoms. The second kappa shape index (κ2) is 7.49. The quantitative estimate of drug-likeness (QED) is 0.731. The van der Waals surface area contributed by atoms with Crippen molar-refractivity contribution in [1.82, 2.24) is 5.32 Å². The van der Waals surface area contributed by atoms with Gasteiger partial charge in [-0.05, 0) is 68.7 Å². The summed E-state index contributed by atoms with van der Waals surface area (Å²) < 4.78 is 0. The van der Waals surface area contributed by atoms with E-state index in [-0.39, 0.29) is 0 Å². The van der Waals surface area contributed by atoms with Crippen LogP contribution in [0, 0.1) is 29.6 Å². The van der Waals surface area contributed by atoms with Gasteiger partial charge in [-0.15, -0.1) is 0 Å². The minimum atomic E-state index is 0.825. The van der Waals surface area contributed by atoms with E-state index in [4.69, 9.17) is 0 Å². The number of hydrogen-bond acceptors (Lipinski definition) is 1. The van der Waals surface area contributed by atoms with Gasteiger partial charge in [0.05, 0.1) is 0 Å². The van der Waals surface area contributed by atoms with Gasteiger partial charge in [-0.25, -0.2) is 0 Å². The van der Waals surface area contributed by atoms with Gasteiger partial charge in [0.25, 0.3) is 0 Å². The minimum Gasteiger partial charge on any atom is -0.316 e. The average molecular weight is 292 g/mol. The van der Waals surface area contributed by atoms with Gasteiger partial charge >= 0.3 is 0 Å². The fraction of sp³-hybridized carbons (Fsp3) is 1.00. The van der Waals surface area contributed by atoms with Crippen LogP contribution in [0.25, 0.3) is 0 Å². The van der Waals surface area contributed by atoms with Gasteiger partial charge < -0.3 is 5.32 Å². The van der Waals surface area contributed by atoms with E-state index >= 15 is 0 Å². The minimum absolute atomic E-state index is 0.825. The lowest BCUT2D eigenvalue weighted by molar-refractivity contribution is 0.0826. The van der Waals surface area contributed by atoms with Gasteiger partial charge in [0.2, 0.25) is 0 Å². The van der Waals surface area contributed by atoms with E-state index in [9.17, 15) is 0 Å². The Balaban J connectivity index is 1.56. The summed E-state index contributed by atoms with van der Waals surface area (Å²) in [6, 6.07) is 0.825. The normalized spacial score (nSPS) is 42.3. The molecule has 1 nitrogen and oxygen atoms in total. The molecule has 3 rings (SSSR count). The molecule has 1 N–H and O–H groups in total. The Morgan fingerprint density at radius 1 is 0.810 bits per heavy atom. The molecule has 0 aliphatic heterocycles. The van der Waals surface area contributed by atoms with Crippen molar-refractivity contribution in [3.05, 3.63) is 0 Å². The molecule has 1 heteroatoms. The molecule has 0 aromatic carbocycles. The first-order chi connectivity index (χ1) is 10.3. The van der Waals surface area contributed by atoms with Crippen molar-refractivity contribution in [2.45, 2.75) is 90.0 Å². The van der Waals surface area contributed by atoms with Crippen LogP contribution in [0.2, 0.25) is 0 Å². The van der Waals surface area contributed by atoms with Crippen LogP contribution < -0.4 is 5.32 Å². The Labute approximate surface area is 132 Å². The zero-order valence-electron chi connectivity index (χ0n) is 14.4. The molecule has 21 heavy (non-hydrogen) atoms. The molecular weight excluding hydrogens is 254 g/mol. The third-order valence-electron chi connectivity index (χ3n) is 7.40. The fourth-order valence-corrected chi connectivity index (χ4v) is 6.05. The lowest BCUT2D eigenvalue weighted by Gasteiger charge is -2.45. The first-order valence-electron chi connectivity index (χ1n) is 9.99. The van der Waals surface area contributed by atoms with Crippen molar-refractivity contribution in [3.63, 3.8) is 0 Å². The van der Waals surface area contributed by atoms with E-state index in [1.54, 1.807) is 19.3 Å². The Morgan fingerprint density at radius 2 is 1.48 bits per heavy atom. The molecule has 3 fully saturated rings.